The summed E-state index contributed by atoms with van der Waals surface area (Å²) < 4.78 is 49.2. The molecule has 1 rings (SSSR count). The Morgan fingerprint density at radius 3 is 2.37 bits per heavy atom. The highest BCUT2D eigenvalue weighted by Crippen LogP contribution is 2.14. The predicted molar refractivity (Wildman–Crippen MR) is 63.4 cm³/mol. The van der Waals surface area contributed by atoms with E-state index in [9.17, 15) is 22.0 Å². The van der Waals surface area contributed by atoms with Crippen LogP contribution in [0.15, 0.2) is 24.3 Å². The minimum Gasteiger partial charge on any atom is -0.435 e. The zero-order valence-electron chi connectivity index (χ0n) is 9.68. The summed E-state index contributed by atoms with van der Waals surface area (Å²) in [7, 11) is -3.64. The van der Waals surface area contributed by atoms with E-state index in [1.165, 1.54) is 24.3 Å². The average Bonchev–Trinajstić information content (AvgIpc) is 2.27. The van der Waals surface area contributed by atoms with Crippen LogP contribution >= 0.6 is 0 Å². The number of hydrogen-bond acceptors (Lipinski definition) is 4. The van der Waals surface area contributed by atoms with E-state index >= 15 is 0 Å². The van der Waals surface area contributed by atoms with Gasteiger partial charge in [-0.25, -0.2) is 13.6 Å². The number of ether oxygens (including phenoxy) is 1. The van der Waals surface area contributed by atoms with Gasteiger partial charge < -0.3 is 10.1 Å². The number of alkyl halides is 2. The molecule has 0 unspecified atom stereocenters. The Morgan fingerprint density at radius 1 is 1.32 bits per heavy atom. The lowest BCUT2D eigenvalue weighted by atomic mass is 10.2. The number of hydrogen-bond donors (Lipinski definition) is 2. The molecule has 0 saturated heterocycles. The van der Waals surface area contributed by atoms with E-state index in [-0.39, 0.29) is 23.6 Å². The minimum absolute atomic E-state index is 0.0731. The summed E-state index contributed by atoms with van der Waals surface area (Å²) in [5.74, 6) is -0.992. The lowest BCUT2D eigenvalue weighted by molar-refractivity contribution is -0.0498. The molecule has 0 aliphatic rings. The number of carbonyl (C=O) groups excluding carboxylic acids is 1. The lowest BCUT2D eigenvalue weighted by Gasteiger charge is -2.06. The maximum Gasteiger partial charge on any atom is 0.387 e. The number of benzene rings is 1. The van der Waals surface area contributed by atoms with Crippen LogP contribution in [0.25, 0.3) is 0 Å². The third-order valence-corrected chi connectivity index (χ3v) is 2.79. The molecule has 0 bridgehead atoms. The van der Waals surface area contributed by atoms with Gasteiger partial charge in [-0.15, -0.1) is 0 Å². The van der Waals surface area contributed by atoms with E-state index in [0.29, 0.717) is 0 Å². The summed E-state index contributed by atoms with van der Waals surface area (Å²) >= 11 is 0. The van der Waals surface area contributed by atoms with Gasteiger partial charge in [0.05, 0.1) is 5.75 Å². The van der Waals surface area contributed by atoms with Crippen LogP contribution in [0.1, 0.15) is 10.4 Å². The van der Waals surface area contributed by atoms with Gasteiger partial charge in [0.1, 0.15) is 5.75 Å². The van der Waals surface area contributed by atoms with E-state index in [2.05, 4.69) is 10.1 Å². The number of carbonyl (C=O) groups is 1. The summed E-state index contributed by atoms with van der Waals surface area (Å²) in [4.78, 5) is 11.5. The molecule has 1 aromatic rings. The van der Waals surface area contributed by atoms with Crippen molar-refractivity contribution in [3.63, 3.8) is 0 Å². The van der Waals surface area contributed by atoms with Gasteiger partial charge in [0, 0.05) is 12.1 Å². The van der Waals surface area contributed by atoms with Gasteiger partial charge in [0.25, 0.3) is 5.91 Å². The van der Waals surface area contributed by atoms with E-state index in [4.69, 9.17) is 5.14 Å². The quantitative estimate of drug-likeness (QED) is 0.788. The van der Waals surface area contributed by atoms with Crippen LogP contribution in [0.4, 0.5) is 8.78 Å². The van der Waals surface area contributed by atoms with Crippen LogP contribution in [0.5, 0.6) is 5.75 Å². The van der Waals surface area contributed by atoms with Crippen molar-refractivity contribution in [1.82, 2.24) is 5.32 Å². The molecule has 0 aliphatic carbocycles. The third kappa shape index (κ3) is 6.11. The summed E-state index contributed by atoms with van der Waals surface area (Å²) in [6, 6.07) is 4.98. The molecule has 9 heteroatoms. The number of amides is 1. The first kappa shape index (κ1) is 15.3. The number of halogens is 2. The summed E-state index contributed by atoms with van der Waals surface area (Å²) in [5, 5.41) is 7.09. The molecule has 106 valence electrons. The van der Waals surface area contributed by atoms with Crippen molar-refractivity contribution in [3.05, 3.63) is 29.8 Å². The Kier molecular flexibility index (Phi) is 5.19. The van der Waals surface area contributed by atoms with Crippen LogP contribution in [-0.2, 0) is 10.0 Å². The minimum atomic E-state index is -3.64. The van der Waals surface area contributed by atoms with Crippen molar-refractivity contribution < 1.29 is 26.7 Å². The van der Waals surface area contributed by atoms with E-state index in [1.807, 2.05) is 0 Å². The zero-order valence-corrected chi connectivity index (χ0v) is 10.5. The van der Waals surface area contributed by atoms with Crippen LogP contribution in [0, 0.1) is 0 Å². The fraction of sp³-hybridized carbons (Fsp3) is 0.300. The zero-order chi connectivity index (χ0) is 14.5. The second-order valence-electron chi connectivity index (χ2n) is 3.53. The summed E-state index contributed by atoms with van der Waals surface area (Å²) in [6.07, 6.45) is 0. The molecule has 0 aromatic heterocycles. The van der Waals surface area contributed by atoms with Gasteiger partial charge in [-0.2, -0.15) is 8.78 Å². The molecule has 3 N–H and O–H groups in total. The van der Waals surface area contributed by atoms with Crippen molar-refractivity contribution in [2.75, 3.05) is 12.3 Å². The lowest BCUT2D eigenvalue weighted by Crippen LogP contribution is -2.31. The highest BCUT2D eigenvalue weighted by atomic mass is 32.2. The van der Waals surface area contributed by atoms with Gasteiger partial charge in [-0.1, -0.05) is 0 Å². The first-order chi connectivity index (χ1) is 8.78. The van der Waals surface area contributed by atoms with Gasteiger partial charge in [0.15, 0.2) is 0 Å². The molecule has 0 fully saturated rings. The van der Waals surface area contributed by atoms with Crippen LogP contribution in [0.2, 0.25) is 0 Å². The van der Waals surface area contributed by atoms with Crippen molar-refractivity contribution in [2.45, 2.75) is 6.61 Å². The Bertz CT molecular complexity index is 531. The Morgan fingerprint density at radius 2 is 1.89 bits per heavy atom. The molecule has 0 aliphatic heterocycles. The maximum atomic E-state index is 11.9. The molecule has 0 heterocycles. The summed E-state index contributed by atoms with van der Waals surface area (Å²) in [5.41, 5.74) is 0.191. The van der Waals surface area contributed by atoms with Gasteiger partial charge >= 0.3 is 6.61 Å². The fourth-order valence-corrected chi connectivity index (χ4v) is 1.58. The molecule has 6 nitrogen and oxygen atoms in total. The summed E-state index contributed by atoms with van der Waals surface area (Å²) in [6.45, 7) is -3.07. The number of nitrogens with two attached hydrogens (primary N) is 1. The van der Waals surface area contributed by atoms with Crippen LogP contribution in [-0.4, -0.2) is 33.2 Å². The smallest absolute Gasteiger partial charge is 0.387 e. The number of nitrogens with one attached hydrogen (secondary N) is 1. The number of sulfonamides is 1. The number of rotatable bonds is 6. The third-order valence-electron chi connectivity index (χ3n) is 2.01. The molecule has 0 atom stereocenters. The Labute approximate surface area is 108 Å². The first-order valence-corrected chi connectivity index (χ1v) is 6.83. The van der Waals surface area contributed by atoms with Crippen molar-refractivity contribution >= 4 is 15.9 Å². The van der Waals surface area contributed by atoms with E-state index in [1.54, 1.807) is 0 Å². The van der Waals surface area contributed by atoms with Gasteiger partial charge in [0.2, 0.25) is 10.0 Å². The van der Waals surface area contributed by atoms with Crippen LogP contribution in [0.3, 0.4) is 0 Å². The van der Waals surface area contributed by atoms with Crippen molar-refractivity contribution in [3.8, 4) is 5.75 Å². The maximum absolute atomic E-state index is 11.9. The Hall–Kier alpha value is -1.74. The molecule has 19 heavy (non-hydrogen) atoms. The molecule has 0 spiro atoms. The standard InChI is InChI=1S/C10H12F2N2O4S/c11-10(12)18-8-3-1-7(2-4-8)9(15)14-5-6-19(13,16)17/h1-4,10H,5-6H2,(H,14,15)(H2,13,16,17). The second-order valence-corrected chi connectivity index (χ2v) is 5.26. The second kappa shape index (κ2) is 6.43. The Balaban J connectivity index is 2.53. The monoisotopic (exact) mass is 294 g/mol. The fourth-order valence-electron chi connectivity index (χ4n) is 1.20. The molecular formula is C10H12F2N2O4S. The van der Waals surface area contributed by atoms with Gasteiger partial charge in [-0.3, -0.25) is 4.79 Å². The first-order valence-electron chi connectivity index (χ1n) is 5.11. The average molecular weight is 294 g/mol. The predicted octanol–water partition coefficient (Wildman–Crippen LogP) is 0.306. The molecule has 1 aromatic carbocycles. The largest absolute Gasteiger partial charge is 0.435 e. The highest BCUT2D eigenvalue weighted by Gasteiger charge is 2.09. The van der Waals surface area contributed by atoms with E-state index < -0.39 is 22.5 Å². The molecular weight excluding hydrogens is 282 g/mol. The molecule has 1 amide bonds. The van der Waals surface area contributed by atoms with Crippen molar-refractivity contribution in [2.24, 2.45) is 5.14 Å². The SMILES string of the molecule is NS(=O)(=O)CCNC(=O)c1ccc(OC(F)F)cc1. The molecule has 0 radical (unpaired) electrons. The van der Waals surface area contributed by atoms with Crippen LogP contribution < -0.4 is 15.2 Å². The van der Waals surface area contributed by atoms with Gasteiger partial charge in [-0.05, 0) is 24.3 Å². The molecule has 0 saturated carbocycles. The highest BCUT2D eigenvalue weighted by molar-refractivity contribution is 7.89. The normalized spacial score (nSPS) is 11.4. The topological polar surface area (TPSA) is 98.5 Å². The number of primary sulfonamides is 1. The van der Waals surface area contributed by atoms with E-state index in [0.717, 1.165) is 0 Å². The van der Waals surface area contributed by atoms with Crippen molar-refractivity contribution in [1.29, 1.82) is 0 Å².